The second-order valence-corrected chi connectivity index (χ2v) is 10.8. The van der Waals surface area contributed by atoms with Gasteiger partial charge in [-0.25, -0.2) is 8.42 Å². The maximum Gasteiger partial charge on any atom is 0.277 e. The standard InChI is InChI=1S/C20H22N4O4S3/c25-18(14-30-20-23-22-19(28-20)17-6-5-13-29-17)21-15-7-9-16(10-8-15)31(26,27)24-11-3-1-2-4-12-24/h5-10,13H,1-4,11-12,14H2,(H,21,25). The Hall–Kier alpha value is -2.21. The van der Waals surface area contributed by atoms with E-state index in [0.29, 0.717) is 29.9 Å². The Morgan fingerprint density at radius 3 is 2.52 bits per heavy atom. The van der Waals surface area contributed by atoms with E-state index in [4.69, 9.17) is 4.42 Å². The molecule has 1 amide bonds. The summed E-state index contributed by atoms with van der Waals surface area (Å²) in [6, 6.07) is 10.1. The fourth-order valence-electron chi connectivity index (χ4n) is 3.23. The zero-order valence-electron chi connectivity index (χ0n) is 16.7. The molecule has 0 saturated carbocycles. The number of carbonyl (C=O) groups excluding carboxylic acids is 1. The minimum absolute atomic E-state index is 0.0971. The minimum Gasteiger partial charge on any atom is -0.410 e. The van der Waals surface area contributed by atoms with E-state index in [-0.39, 0.29) is 16.6 Å². The van der Waals surface area contributed by atoms with Crippen LogP contribution in [-0.2, 0) is 14.8 Å². The fourth-order valence-corrected chi connectivity index (χ4v) is 5.96. The predicted molar refractivity (Wildman–Crippen MR) is 121 cm³/mol. The molecule has 0 unspecified atom stereocenters. The van der Waals surface area contributed by atoms with E-state index >= 15 is 0 Å². The summed E-state index contributed by atoms with van der Waals surface area (Å²) in [7, 11) is -3.50. The van der Waals surface area contributed by atoms with Crippen molar-refractivity contribution < 1.29 is 17.6 Å². The van der Waals surface area contributed by atoms with Crippen molar-refractivity contribution in [2.24, 2.45) is 0 Å². The van der Waals surface area contributed by atoms with Crippen LogP contribution < -0.4 is 5.32 Å². The molecular weight excluding hydrogens is 456 g/mol. The molecule has 0 atom stereocenters. The number of nitrogens with zero attached hydrogens (tertiary/aromatic N) is 3. The third-order valence-corrected chi connectivity index (χ3v) is 8.40. The number of anilines is 1. The van der Waals surface area contributed by atoms with Gasteiger partial charge in [-0.1, -0.05) is 30.7 Å². The number of nitrogens with one attached hydrogen (secondary N) is 1. The van der Waals surface area contributed by atoms with E-state index in [0.717, 1.165) is 42.3 Å². The first kappa shape index (κ1) is 22.0. The van der Waals surface area contributed by atoms with Crippen molar-refractivity contribution in [1.29, 1.82) is 0 Å². The van der Waals surface area contributed by atoms with Gasteiger partial charge in [-0.15, -0.1) is 21.5 Å². The predicted octanol–water partition coefficient (Wildman–Crippen LogP) is 4.09. The molecule has 164 valence electrons. The average Bonchev–Trinajstić information content (AvgIpc) is 3.39. The summed E-state index contributed by atoms with van der Waals surface area (Å²) >= 11 is 2.64. The van der Waals surface area contributed by atoms with Crippen molar-refractivity contribution >= 4 is 44.7 Å². The molecule has 31 heavy (non-hydrogen) atoms. The normalized spacial score (nSPS) is 15.5. The van der Waals surface area contributed by atoms with Gasteiger partial charge < -0.3 is 9.73 Å². The molecule has 8 nitrogen and oxygen atoms in total. The van der Waals surface area contributed by atoms with Crippen LogP contribution in [-0.4, -0.2) is 47.7 Å². The van der Waals surface area contributed by atoms with E-state index in [2.05, 4.69) is 15.5 Å². The summed E-state index contributed by atoms with van der Waals surface area (Å²) in [4.78, 5) is 13.4. The highest BCUT2D eigenvalue weighted by molar-refractivity contribution is 7.99. The largest absolute Gasteiger partial charge is 0.410 e. The fraction of sp³-hybridized carbons (Fsp3) is 0.350. The molecule has 0 radical (unpaired) electrons. The van der Waals surface area contributed by atoms with Crippen LogP contribution in [0, 0.1) is 0 Å². The second kappa shape index (κ2) is 9.94. The van der Waals surface area contributed by atoms with Gasteiger partial charge in [0.05, 0.1) is 15.5 Å². The second-order valence-electron chi connectivity index (χ2n) is 7.03. The van der Waals surface area contributed by atoms with Gasteiger partial charge in [-0.2, -0.15) is 4.31 Å². The number of thioether (sulfide) groups is 1. The molecule has 4 rings (SSSR count). The first-order chi connectivity index (χ1) is 15.0. The van der Waals surface area contributed by atoms with Crippen LogP contribution in [0.4, 0.5) is 5.69 Å². The van der Waals surface area contributed by atoms with Gasteiger partial charge in [0.2, 0.25) is 15.9 Å². The Kier molecular flexibility index (Phi) is 7.06. The van der Waals surface area contributed by atoms with Crippen LogP contribution in [0.15, 0.2) is 56.3 Å². The third kappa shape index (κ3) is 5.53. The number of hydrogen-bond donors (Lipinski definition) is 1. The Morgan fingerprint density at radius 1 is 1.10 bits per heavy atom. The molecule has 1 saturated heterocycles. The highest BCUT2D eigenvalue weighted by Gasteiger charge is 2.25. The monoisotopic (exact) mass is 478 g/mol. The number of carbonyl (C=O) groups is 1. The smallest absolute Gasteiger partial charge is 0.277 e. The zero-order chi connectivity index (χ0) is 21.7. The van der Waals surface area contributed by atoms with Gasteiger partial charge in [0.15, 0.2) is 0 Å². The quantitative estimate of drug-likeness (QED) is 0.510. The molecule has 0 aliphatic carbocycles. The van der Waals surface area contributed by atoms with Crippen LogP contribution in [0.2, 0.25) is 0 Å². The molecule has 0 bridgehead atoms. The molecule has 1 N–H and O–H groups in total. The number of sulfonamides is 1. The molecule has 3 heterocycles. The summed E-state index contributed by atoms with van der Waals surface area (Å²) in [5.74, 6) is 0.281. The Morgan fingerprint density at radius 2 is 1.84 bits per heavy atom. The summed E-state index contributed by atoms with van der Waals surface area (Å²) in [6.45, 7) is 1.11. The first-order valence-corrected chi connectivity index (χ1v) is 13.2. The van der Waals surface area contributed by atoms with E-state index in [1.807, 2.05) is 17.5 Å². The van der Waals surface area contributed by atoms with Crippen LogP contribution in [0.1, 0.15) is 25.7 Å². The highest BCUT2D eigenvalue weighted by Crippen LogP contribution is 2.27. The van der Waals surface area contributed by atoms with Crippen LogP contribution in [0.25, 0.3) is 10.8 Å². The third-order valence-electron chi connectivity index (χ3n) is 4.81. The topological polar surface area (TPSA) is 105 Å². The lowest BCUT2D eigenvalue weighted by Gasteiger charge is -2.20. The maximum absolute atomic E-state index is 12.8. The summed E-state index contributed by atoms with van der Waals surface area (Å²) in [5.41, 5.74) is 0.533. The van der Waals surface area contributed by atoms with Gasteiger partial charge in [0.25, 0.3) is 11.1 Å². The Balaban J connectivity index is 1.32. The molecular formula is C20H22N4O4S3. The van der Waals surface area contributed by atoms with Crippen molar-refractivity contribution in [2.75, 3.05) is 24.2 Å². The van der Waals surface area contributed by atoms with Gasteiger partial charge in [-0.3, -0.25) is 4.79 Å². The van der Waals surface area contributed by atoms with Crippen LogP contribution in [0.5, 0.6) is 0 Å². The highest BCUT2D eigenvalue weighted by atomic mass is 32.2. The van der Waals surface area contributed by atoms with Gasteiger partial charge >= 0.3 is 0 Å². The lowest BCUT2D eigenvalue weighted by atomic mass is 10.2. The molecule has 1 aromatic carbocycles. The van der Waals surface area contributed by atoms with Crippen molar-refractivity contribution in [1.82, 2.24) is 14.5 Å². The number of hydrogen-bond acceptors (Lipinski definition) is 8. The Labute approximate surface area is 189 Å². The average molecular weight is 479 g/mol. The minimum atomic E-state index is -3.50. The van der Waals surface area contributed by atoms with E-state index in [1.165, 1.54) is 23.5 Å². The molecule has 11 heteroatoms. The number of amides is 1. The zero-order valence-corrected chi connectivity index (χ0v) is 19.1. The molecule has 3 aromatic rings. The summed E-state index contributed by atoms with van der Waals surface area (Å²) < 4.78 is 32.8. The first-order valence-electron chi connectivity index (χ1n) is 9.92. The molecule has 1 aliphatic heterocycles. The van der Waals surface area contributed by atoms with Crippen molar-refractivity contribution in [2.45, 2.75) is 35.8 Å². The van der Waals surface area contributed by atoms with E-state index in [1.54, 1.807) is 16.4 Å². The van der Waals surface area contributed by atoms with Gasteiger partial charge in [0.1, 0.15) is 0 Å². The number of aromatic nitrogens is 2. The van der Waals surface area contributed by atoms with Crippen LogP contribution >= 0.6 is 23.1 Å². The SMILES string of the molecule is O=C(CSc1nnc(-c2cccs2)o1)Nc1ccc(S(=O)(=O)N2CCCCCC2)cc1. The van der Waals surface area contributed by atoms with E-state index < -0.39 is 10.0 Å². The number of benzene rings is 1. The molecule has 1 aliphatic rings. The molecule has 2 aromatic heterocycles. The maximum atomic E-state index is 12.8. The van der Waals surface area contributed by atoms with Gasteiger partial charge in [0, 0.05) is 18.8 Å². The van der Waals surface area contributed by atoms with Crippen molar-refractivity contribution in [3.8, 4) is 10.8 Å². The van der Waals surface area contributed by atoms with Crippen molar-refractivity contribution in [3.05, 3.63) is 41.8 Å². The molecule has 1 fully saturated rings. The van der Waals surface area contributed by atoms with Gasteiger partial charge in [-0.05, 0) is 48.6 Å². The molecule has 0 spiro atoms. The Bertz CT molecular complexity index is 1100. The lowest BCUT2D eigenvalue weighted by molar-refractivity contribution is -0.113. The number of thiophene rings is 1. The number of rotatable bonds is 7. The van der Waals surface area contributed by atoms with Crippen molar-refractivity contribution in [3.63, 3.8) is 0 Å². The van der Waals surface area contributed by atoms with Crippen LogP contribution in [0.3, 0.4) is 0 Å². The summed E-state index contributed by atoms with van der Waals surface area (Å²) in [5, 5.41) is 12.9. The lowest BCUT2D eigenvalue weighted by Crippen LogP contribution is -2.31. The van der Waals surface area contributed by atoms with E-state index in [9.17, 15) is 13.2 Å². The summed E-state index contributed by atoms with van der Waals surface area (Å²) in [6.07, 6.45) is 3.90.